The Kier molecular flexibility index (Phi) is 3.10. The number of hydrogen-bond donors (Lipinski definition) is 3. The summed E-state index contributed by atoms with van der Waals surface area (Å²) < 4.78 is 0. The fraction of sp³-hybridized carbons (Fsp3) is 0.714. The van der Waals surface area contributed by atoms with Crippen molar-refractivity contribution >= 4 is 11.9 Å². The minimum atomic E-state index is -1.03. The van der Waals surface area contributed by atoms with Gasteiger partial charge in [-0.05, 0) is 37.9 Å². The van der Waals surface area contributed by atoms with Gasteiger partial charge in [-0.15, -0.1) is 0 Å². The van der Waals surface area contributed by atoms with Crippen molar-refractivity contribution in [1.82, 2.24) is 10.2 Å². The molecule has 20 heavy (non-hydrogen) atoms. The van der Waals surface area contributed by atoms with Crippen LogP contribution in [0, 0.1) is 17.8 Å². The summed E-state index contributed by atoms with van der Waals surface area (Å²) in [5, 5.41) is 22.4. The Bertz CT molecular complexity index is 495. The molecule has 3 heterocycles. The molecule has 4 atom stereocenters. The molecule has 0 radical (unpaired) electrons. The zero-order valence-electron chi connectivity index (χ0n) is 11.7. The Morgan fingerprint density at radius 3 is 2.60 bits per heavy atom. The monoisotopic (exact) mass is 280 g/mol. The highest BCUT2D eigenvalue weighted by Crippen LogP contribution is 2.48. The Morgan fingerprint density at radius 1 is 1.50 bits per heavy atom. The van der Waals surface area contributed by atoms with E-state index in [0.29, 0.717) is 5.92 Å². The molecule has 2 saturated heterocycles. The first-order valence-electron chi connectivity index (χ1n) is 7.11. The largest absolute Gasteiger partial charge is 0.477 e. The molecule has 3 aliphatic heterocycles. The molecule has 1 unspecified atom stereocenters. The first kappa shape index (κ1) is 13.6. The van der Waals surface area contributed by atoms with Crippen LogP contribution in [-0.2, 0) is 9.59 Å². The number of hydrogen-bond acceptors (Lipinski definition) is 4. The average Bonchev–Trinajstić information content (AvgIpc) is 2.53. The second-order valence-electron chi connectivity index (χ2n) is 6.16. The van der Waals surface area contributed by atoms with Crippen LogP contribution in [0.15, 0.2) is 11.3 Å². The van der Waals surface area contributed by atoms with Gasteiger partial charge in [-0.25, -0.2) is 4.79 Å². The van der Waals surface area contributed by atoms with E-state index in [-0.39, 0.29) is 23.6 Å². The zero-order chi connectivity index (χ0) is 14.6. The molecule has 6 heteroatoms. The van der Waals surface area contributed by atoms with Gasteiger partial charge in [0.25, 0.3) is 0 Å². The van der Waals surface area contributed by atoms with Crippen LogP contribution in [0.2, 0.25) is 0 Å². The van der Waals surface area contributed by atoms with Gasteiger partial charge in [-0.1, -0.05) is 6.92 Å². The molecule has 2 fully saturated rings. The number of aliphatic hydroxyl groups is 1. The second kappa shape index (κ2) is 4.56. The van der Waals surface area contributed by atoms with Gasteiger partial charge < -0.3 is 20.4 Å². The summed E-state index contributed by atoms with van der Waals surface area (Å²) in [5.74, 6) is -1.27. The predicted molar refractivity (Wildman–Crippen MR) is 70.6 cm³/mol. The molecule has 0 aromatic rings. The van der Waals surface area contributed by atoms with Crippen molar-refractivity contribution in [3.05, 3.63) is 11.3 Å². The van der Waals surface area contributed by atoms with E-state index in [1.165, 1.54) is 4.90 Å². The van der Waals surface area contributed by atoms with Gasteiger partial charge in [0.1, 0.15) is 5.70 Å². The van der Waals surface area contributed by atoms with E-state index in [0.717, 1.165) is 25.1 Å². The molecule has 110 valence electrons. The van der Waals surface area contributed by atoms with Crippen LogP contribution < -0.4 is 5.32 Å². The highest BCUT2D eigenvalue weighted by molar-refractivity contribution is 6.00. The number of amides is 1. The van der Waals surface area contributed by atoms with Crippen molar-refractivity contribution < 1.29 is 19.8 Å². The minimum absolute atomic E-state index is 0.0130. The fourth-order valence-electron chi connectivity index (χ4n) is 3.72. The van der Waals surface area contributed by atoms with Crippen LogP contribution >= 0.6 is 0 Å². The van der Waals surface area contributed by atoms with E-state index in [4.69, 9.17) is 0 Å². The number of carbonyl (C=O) groups is 2. The molecule has 1 amide bonds. The standard InChI is InChI=1S/C14H20N2O4/c1-6-9(3-8-4-15-5-8)12(14(19)20)16-11(6)10(7(2)17)13(16)18/h6-8,10-11,15,17H,3-5H2,1-2H3,(H,19,20)/t6?,7-,10-,11-/m1/s1. The van der Waals surface area contributed by atoms with Crippen molar-refractivity contribution in [2.24, 2.45) is 17.8 Å². The maximum Gasteiger partial charge on any atom is 0.352 e. The van der Waals surface area contributed by atoms with Gasteiger partial charge in [0.15, 0.2) is 0 Å². The SMILES string of the molecule is CC1C(CC2CNC2)=C(C(=O)O)N2C(=O)[C@H]([C@@H](C)O)[C@@H]12. The number of β-lactam (4-membered cyclic amide) rings is 1. The number of aliphatic hydroxyl groups excluding tert-OH is 1. The van der Waals surface area contributed by atoms with Gasteiger partial charge in [0, 0.05) is 5.92 Å². The Balaban J connectivity index is 1.90. The second-order valence-corrected chi connectivity index (χ2v) is 6.16. The molecule has 0 saturated carbocycles. The first-order chi connectivity index (χ1) is 9.43. The smallest absolute Gasteiger partial charge is 0.352 e. The van der Waals surface area contributed by atoms with Crippen LogP contribution in [0.3, 0.4) is 0 Å². The molecular formula is C14H20N2O4. The number of carboxylic acids is 1. The van der Waals surface area contributed by atoms with Gasteiger partial charge in [0.2, 0.25) is 5.91 Å². The molecule has 0 bridgehead atoms. The zero-order valence-corrected chi connectivity index (χ0v) is 11.7. The molecule has 0 aromatic heterocycles. The Labute approximate surface area is 117 Å². The van der Waals surface area contributed by atoms with Gasteiger partial charge in [0.05, 0.1) is 18.1 Å². The molecule has 0 aromatic carbocycles. The van der Waals surface area contributed by atoms with Crippen LogP contribution in [0.1, 0.15) is 20.3 Å². The van der Waals surface area contributed by atoms with E-state index in [9.17, 15) is 19.8 Å². The molecule has 0 spiro atoms. The molecule has 3 aliphatic rings. The average molecular weight is 280 g/mol. The highest BCUT2D eigenvalue weighted by atomic mass is 16.4. The highest BCUT2D eigenvalue weighted by Gasteiger charge is 2.59. The summed E-state index contributed by atoms with van der Waals surface area (Å²) in [5.41, 5.74) is 1.03. The lowest BCUT2D eigenvalue weighted by atomic mass is 9.76. The topological polar surface area (TPSA) is 89.9 Å². The van der Waals surface area contributed by atoms with Crippen LogP contribution in [0.5, 0.6) is 0 Å². The van der Waals surface area contributed by atoms with Crippen LogP contribution in [0.25, 0.3) is 0 Å². The van der Waals surface area contributed by atoms with Gasteiger partial charge in [-0.3, -0.25) is 4.79 Å². The Hall–Kier alpha value is -1.40. The van der Waals surface area contributed by atoms with Crippen molar-refractivity contribution in [3.8, 4) is 0 Å². The summed E-state index contributed by atoms with van der Waals surface area (Å²) in [7, 11) is 0. The lowest BCUT2D eigenvalue weighted by Gasteiger charge is -2.46. The number of nitrogens with zero attached hydrogens (tertiary/aromatic N) is 1. The number of fused-ring (bicyclic) bond motifs is 1. The molecule has 0 aliphatic carbocycles. The first-order valence-corrected chi connectivity index (χ1v) is 7.11. The number of carboxylic acid groups (broad SMARTS) is 1. The van der Waals surface area contributed by atoms with Crippen LogP contribution in [0.4, 0.5) is 0 Å². The fourth-order valence-corrected chi connectivity index (χ4v) is 3.72. The number of nitrogens with one attached hydrogen (secondary N) is 1. The van der Waals surface area contributed by atoms with Crippen LogP contribution in [-0.4, -0.2) is 52.2 Å². The Morgan fingerprint density at radius 2 is 2.15 bits per heavy atom. The van der Waals surface area contributed by atoms with E-state index >= 15 is 0 Å². The van der Waals surface area contributed by atoms with Crippen molar-refractivity contribution in [2.45, 2.75) is 32.4 Å². The minimum Gasteiger partial charge on any atom is -0.477 e. The summed E-state index contributed by atoms with van der Waals surface area (Å²) in [6.45, 7) is 5.38. The van der Waals surface area contributed by atoms with Crippen molar-refractivity contribution in [2.75, 3.05) is 13.1 Å². The van der Waals surface area contributed by atoms with E-state index in [1.807, 2.05) is 6.92 Å². The van der Waals surface area contributed by atoms with Gasteiger partial charge >= 0.3 is 5.97 Å². The lowest BCUT2D eigenvalue weighted by molar-refractivity contribution is -0.163. The summed E-state index contributed by atoms with van der Waals surface area (Å²) in [6, 6.07) is -0.184. The van der Waals surface area contributed by atoms with Gasteiger partial charge in [-0.2, -0.15) is 0 Å². The maximum atomic E-state index is 12.1. The third-order valence-corrected chi connectivity index (χ3v) is 4.89. The normalized spacial score (nSPS) is 34.6. The summed E-state index contributed by atoms with van der Waals surface area (Å²) in [6.07, 6.45) is -0.00578. The molecule has 6 nitrogen and oxygen atoms in total. The van der Waals surface area contributed by atoms with Crippen molar-refractivity contribution in [3.63, 3.8) is 0 Å². The quantitative estimate of drug-likeness (QED) is 0.620. The maximum absolute atomic E-state index is 12.1. The number of carbonyl (C=O) groups excluding carboxylic acids is 1. The lowest BCUT2D eigenvalue weighted by Crippen LogP contribution is -2.63. The van der Waals surface area contributed by atoms with E-state index in [1.54, 1.807) is 6.92 Å². The third kappa shape index (κ3) is 1.71. The van der Waals surface area contributed by atoms with Crippen molar-refractivity contribution in [1.29, 1.82) is 0 Å². The third-order valence-electron chi connectivity index (χ3n) is 4.89. The number of rotatable bonds is 4. The summed E-state index contributed by atoms with van der Waals surface area (Å²) >= 11 is 0. The molecular weight excluding hydrogens is 260 g/mol. The predicted octanol–water partition coefficient (Wildman–Crippen LogP) is -0.208. The molecule has 3 rings (SSSR count). The number of aliphatic carboxylic acids is 1. The van der Waals surface area contributed by atoms with E-state index < -0.39 is 18.0 Å². The van der Waals surface area contributed by atoms with E-state index in [2.05, 4.69) is 5.32 Å². The summed E-state index contributed by atoms with van der Waals surface area (Å²) in [4.78, 5) is 25.0. The molecule has 3 N–H and O–H groups in total.